The number of alkyl carbamates (subject to hydrolysis) is 1. The highest BCUT2D eigenvalue weighted by Crippen LogP contribution is 2.45. The van der Waals surface area contributed by atoms with E-state index >= 15 is 4.39 Å². The van der Waals surface area contributed by atoms with Crippen molar-refractivity contribution in [2.45, 2.75) is 38.8 Å². The van der Waals surface area contributed by atoms with Crippen LogP contribution in [0.2, 0.25) is 0 Å². The lowest BCUT2D eigenvalue weighted by Gasteiger charge is -2.44. The number of piperidine rings is 3. The number of carbonyl (C=O) groups is 1. The Balaban J connectivity index is 1.39. The largest absolute Gasteiger partial charge is 0.493 e. The number of fused-ring (bicyclic) bond motifs is 4. The number of hydrogen-bond acceptors (Lipinski definition) is 4. The van der Waals surface area contributed by atoms with E-state index < -0.39 is 29.2 Å². The molecule has 0 spiro atoms. The smallest absolute Gasteiger partial charge is 0.407 e. The minimum Gasteiger partial charge on any atom is -0.493 e. The molecule has 2 bridgehead atoms. The fraction of sp³-hybridized carbons (Fsp3) is 0.480. The molecule has 2 aromatic rings. The molecule has 6 rings (SSSR count). The lowest BCUT2D eigenvalue weighted by Crippen LogP contribution is -2.53. The fourth-order valence-electron chi connectivity index (χ4n) is 5.17. The molecule has 2 aromatic carbocycles. The molecule has 170 valence electrons. The summed E-state index contributed by atoms with van der Waals surface area (Å²) in [6.45, 7) is 7.19. The summed E-state index contributed by atoms with van der Waals surface area (Å²) in [6.07, 6.45) is 1.52. The van der Waals surface area contributed by atoms with E-state index in [1.807, 2.05) is 13.8 Å². The van der Waals surface area contributed by atoms with Crippen LogP contribution in [0.5, 0.6) is 5.75 Å². The fourth-order valence-corrected chi connectivity index (χ4v) is 5.17. The van der Waals surface area contributed by atoms with Crippen molar-refractivity contribution in [1.82, 2.24) is 10.2 Å². The maximum Gasteiger partial charge on any atom is 0.407 e. The van der Waals surface area contributed by atoms with Gasteiger partial charge in [0.25, 0.3) is 0 Å². The van der Waals surface area contributed by atoms with Gasteiger partial charge in [-0.2, -0.15) is 0 Å². The predicted octanol–water partition coefficient (Wildman–Crippen LogP) is 4.91. The first-order chi connectivity index (χ1) is 15.3. The van der Waals surface area contributed by atoms with Crippen molar-refractivity contribution >= 4 is 6.09 Å². The lowest BCUT2D eigenvalue weighted by molar-refractivity contribution is -0.0361. The third-order valence-electron chi connectivity index (χ3n) is 7.04. The van der Waals surface area contributed by atoms with E-state index in [0.717, 1.165) is 32.5 Å². The molecule has 3 saturated heterocycles. The lowest BCUT2D eigenvalue weighted by atomic mass is 9.78. The molecule has 7 heteroatoms. The maximum absolute atomic E-state index is 15.1. The first-order valence-corrected chi connectivity index (χ1v) is 11.2. The Kier molecular flexibility index (Phi) is 5.32. The van der Waals surface area contributed by atoms with Crippen molar-refractivity contribution in [1.29, 1.82) is 0 Å². The van der Waals surface area contributed by atoms with Crippen molar-refractivity contribution in [3.05, 3.63) is 53.6 Å². The summed E-state index contributed by atoms with van der Waals surface area (Å²) in [6, 6.07) is 8.30. The minimum atomic E-state index is -0.492. The second-order valence-corrected chi connectivity index (χ2v) is 9.82. The van der Waals surface area contributed by atoms with Crippen molar-refractivity contribution in [3.63, 3.8) is 0 Å². The minimum absolute atomic E-state index is 0.105. The molecule has 1 amide bonds. The molecule has 1 N–H and O–H groups in total. The Hall–Kier alpha value is -2.67. The van der Waals surface area contributed by atoms with Crippen LogP contribution in [0.1, 0.15) is 38.3 Å². The number of amides is 1. The molecule has 5 nitrogen and oxygen atoms in total. The Morgan fingerprint density at radius 3 is 2.66 bits per heavy atom. The third kappa shape index (κ3) is 3.94. The van der Waals surface area contributed by atoms with Gasteiger partial charge >= 0.3 is 6.09 Å². The maximum atomic E-state index is 15.1. The van der Waals surface area contributed by atoms with Gasteiger partial charge < -0.3 is 14.8 Å². The van der Waals surface area contributed by atoms with Crippen LogP contribution in [0.4, 0.5) is 13.6 Å². The van der Waals surface area contributed by atoms with Crippen LogP contribution < -0.4 is 10.1 Å². The topological polar surface area (TPSA) is 50.8 Å². The molecular weight excluding hydrogens is 414 g/mol. The van der Waals surface area contributed by atoms with Gasteiger partial charge in [0.1, 0.15) is 23.5 Å². The van der Waals surface area contributed by atoms with Crippen molar-refractivity contribution in [2.24, 2.45) is 11.3 Å². The number of rotatable bonds is 3. The molecule has 4 heterocycles. The van der Waals surface area contributed by atoms with Crippen molar-refractivity contribution in [3.8, 4) is 16.9 Å². The van der Waals surface area contributed by atoms with Crippen LogP contribution in [0.25, 0.3) is 11.1 Å². The quantitative estimate of drug-likeness (QED) is 0.734. The van der Waals surface area contributed by atoms with E-state index in [1.54, 1.807) is 18.2 Å². The highest BCUT2D eigenvalue weighted by molar-refractivity contribution is 5.70. The van der Waals surface area contributed by atoms with Gasteiger partial charge in [-0.1, -0.05) is 26.0 Å². The molecule has 0 aromatic heterocycles. The Morgan fingerprint density at radius 2 is 1.97 bits per heavy atom. The molecule has 0 saturated carbocycles. The molecule has 32 heavy (non-hydrogen) atoms. The van der Waals surface area contributed by atoms with E-state index in [4.69, 9.17) is 9.47 Å². The van der Waals surface area contributed by atoms with Gasteiger partial charge in [0, 0.05) is 23.1 Å². The van der Waals surface area contributed by atoms with Gasteiger partial charge in [-0.05, 0) is 61.7 Å². The van der Waals surface area contributed by atoms with Crippen LogP contribution >= 0.6 is 0 Å². The van der Waals surface area contributed by atoms with Crippen molar-refractivity contribution < 1.29 is 23.0 Å². The summed E-state index contributed by atoms with van der Waals surface area (Å²) in [4.78, 5) is 15.2. The van der Waals surface area contributed by atoms with Crippen LogP contribution in [0, 0.1) is 23.0 Å². The van der Waals surface area contributed by atoms with E-state index in [0.29, 0.717) is 29.4 Å². The Morgan fingerprint density at radius 1 is 1.19 bits per heavy atom. The molecule has 3 fully saturated rings. The number of carbonyl (C=O) groups excluding carboxylic acids is 1. The van der Waals surface area contributed by atoms with Gasteiger partial charge in [-0.3, -0.25) is 4.90 Å². The number of ether oxygens (including phenoxy) is 2. The molecule has 0 aliphatic carbocycles. The molecule has 1 unspecified atom stereocenters. The van der Waals surface area contributed by atoms with Crippen LogP contribution in [0.15, 0.2) is 36.4 Å². The average molecular weight is 443 g/mol. The summed E-state index contributed by atoms with van der Waals surface area (Å²) in [7, 11) is 0. The summed E-state index contributed by atoms with van der Waals surface area (Å²) in [5, 5.41) is 2.98. The zero-order chi connectivity index (χ0) is 22.5. The Bertz CT molecular complexity index is 1030. The monoisotopic (exact) mass is 442 g/mol. The number of nitrogens with zero attached hydrogens (tertiary/aromatic N) is 1. The SMILES string of the molecule is CC1(C)COc2cc(-c3cccc(F)c3)c(F)cc2C1NC(=O)O[C@H]1CN2CCC1CC2. The van der Waals surface area contributed by atoms with Gasteiger partial charge in [-0.15, -0.1) is 0 Å². The van der Waals surface area contributed by atoms with E-state index in [2.05, 4.69) is 10.2 Å². The van der Waals surface area contributed by atoms with E-state index in [-0.39, 0.29) is 11.7 Å². The highest BCUT2D eigenvalue weighted by Gasteiger charge is 2.41. The molecule has 0 radical (unpaired) electrons. The second kappa shape index (κ2) is 8.03. The summed E-state index contributed by atoms with van der Waals surface area (Å²) < 4.78 is 40.5. The molecular formula is C25H28F2N2O3. The van der Waals surface area contributed by atoms with Gasteiger partial charge in [-0.25, -0.2) is 13.6 Å². The van der Waals surface area contributed by atoms with Crippen molar-refractivity contribution in [2.75, 3.05) is 26.2 Å². The normalized spacial score (nSPS) is 27.9. The van der Waals surface area contributed by atoms with Gasteiger partial charge in [0.05, 0.1) is 12.6 Å². The highest BCUT2D eigenvalue weighted by atomic mass is 19.1. The zero-order valence-electron chi connectivity index (χ0n) is 18.4. The van der Waals surface area contributed by atoms with Gasteiger partial charge in [0.2, 0.25) is 0 Å². The number of hydrogen-bond donors (Lipinski definition) is 1. The summed E-state index contributed by atoms with van der Waals surface area (Å²) in [5.74, 6) is -0.0324. The first kappa shape index (κ1) is 21.2. The Labute approximate surface area is 186 Å². The summed E-state index contributed by atoms with van der Waals surface area (Å²) in [5.41, 5.74) is 0.791. The van der Waals surface area contributed by atoms with E-state index in [9.17, 15) is 9.18 Å². The average Bonchev–Trinajstić information content (AvgIpc) is 2.76. The van der Waals surface area contributed by atoms with E-state index in [1.165, 1.54) is 18.2 Å². The summed E-state index contributed by atoms with van der Waals surface area (Å²) >= 11 is 0. The standard InChI is InChI=1S/C25H28F2N2O3/c1-25(2)14-31-21-12-18(16-4-3-5-17(26)10-16)20(27)11-19(21)23(25)28-24(30)32-22-13-29-8-6-15(22)7-9-29/h3-5,10-12,15,22-23H,6-9,13-14H2,1-2H3,(H,28,30)/t22-,23?/m0/s1. The number of nitrogens with one attached hydrogen (secondary N) is 1. The van der Waals surface area contributed by atoms with Crippen LogP contribution in [0.3, 0.4) is 0 Å². The number of benzene rings is 2. The third-order valence-corrected chi connectivity index (χ3v) is 7.04. The molecule has 4 aliphatic rings. The zero-order valence-corrected chi connectivity index (χ0v) is 18.4. The molecule has 2 atom stereocenters. The van der Waals surface area contributed by atoms with Crippen LogP contribution in [-0.4, -0.2) is 43.3 Å². The first-order valence-electron chi connectivity index (χ1n) is 11.2. The number of halogens is 2. The predicted molar refractivity (Wildman–Crippen MR) is 116 cm³/mol. The molecule has 4 aliphatic heterocycles. The van der Waals surface area contributed by atoms with Crippen LogP contribution in [-0.2, 0) is 4.74 Å². The second-order valence-electron chi connectivity index (χ2n) is 9.82. The van der Waals surface area contributed by atoms with Gasteiger partial charge in [0.15, 0.2) is 0 Å².